The largest absolute Gasteiger partial charge is 0.399 e. The molecule has 21 heavy (non-hydrogen) atoms. The zero-order valence-electron chi connectivity index (χ0n) is 12.6. The fourth-order valence-electron chi connectivity index (χ4n) is 1.57. The van der Waals surface area contributed by atoms with Gasteiger partial charge in [0.05, 0.1) is 0 Å². The number of carbonyl (C=O) groups is 1. The van der Waals surface area contributed by atoms with Crippen molar-refractivity contribution < 1.29 is 4.79 Å². The van der Waals surface area contributed by atoms with E-state index in [1.807, 2.05) is 35.1 Å². The molecule has 118 valence electrons. The average molecular weight is 328 g/mol. The Morgan fingerprint density at radius 2 is 1.86 bits per heavy atom. The first-order chi connectivity index (χ1) is 10.2. The maximum Gasteiger partial charge on any atom is 0.220 e. The van der Waals surface area contributed by atoms with Gasteiger partial charge in [0.15, 0.2) is 0 Å². The molecule has 0 unspecified atom stereocenters. The molecule has 6 heteroatoms. The third-order valence-corrected chi connectivity index (χ3v) is 5.31. The number of nitrogens with two attached hydrogens (primary N) is 1. The molecule has 1 aromatic rings. The van der Waals surface area contributed by atoms with Crippen LogP contribution in [-0.2, 0) is 4.79 Å². The maximum absolute atomic E-state index is 11.6. The predicted octanol–water partition coefficient (Wildman–Crippen LogP) is 3.37. The smallest absolute Gasteiger partial charge is 0.220 e. The van der Waals surface area contributed by atoms with Crippen molar-refractivity contribution in [3.63, 3.8) is 0 Å². The minimum atomic E-state index is 0.145. The number of nitrogens with one attached hydrogen (secondary N) is 2. The lowest BCUT2D eigenvalue weighted by Gasteiger charge is -2.08. The van der Waals surface area contributed by atoms with Gasteiger partial charge in [-0.15, -0.1) is 0 Å². The number of anilines is 2. The summed E-state index contributed by atoms with van der Waals surface area (Å²) < 4.78 is 0. The van der Waals surface area contributed by atoms with Crippen LogP contribution in [-0.4, -0.2) is 30.5 Å². The lowest BCUT2D eigenvalue weighted by molar-refractivity contribution is -0.120. The van der Waals surface area contributed by atoms with Gasteiger partial charge in [-0.25, -0.2) is 0 Å². The van der Waals surface area contributed by atoms with Gasteiger partial charge in [-0.3, -0.25) is 4.79 Å². The summed E-state index contributed by atoms with van der Waals surface area (Å²) in [7, 11) is 3.63. The normalized spacial score (nSPS) is 10.3. The molecular formula is C15H25N3OS2. The van der Waals surface area contributed by atoms with E-state index in [0.29, 0.717) is 13.0 Å². The number of amides is 1. The first kappa shape index (κ1) is 18.0. The monoisotopic (exact) mass is 327 g/mol. The lowest BCUT2D eigenvalue weighted by Crippen LogP contribution is -2.25. The van der Waals surface area contributed by atoms with Gasteiger partial charge in [-0.05, 0) is 37.1 Å². The summed E-state index contributed by atoms with van der Waals surface area (Å²) in [6.45, 7) is 3.72. The second-order valence-corrected chi connectivity index (χ2v) is 7.35. The first-order valence-corrected chi connectivity index (χ1v) is 9.81. The molecule has 0 radical (unpaired) electrons. The summed E-state index contributed by atoms with van der Waals surface area (Å²) in [6, 6.07) is 7.66. The van der Waals surface area contributed by atoms with Gasteiger partial charge in [-0.2, -0.15) is 0 Å². The molecular weight excluding hydrogens is 302 g/mol. The predicted molar refractivity (Wildman–Crippen MR) is 96.8 cm³/mol. The SMILES string of the molecule is CCCSSCCC(=O)NCCCNc1ccc(N)cc1. The minimum Gasteiger partial charge on any atom is -0.399 e. The van der Waals surface area contributed by atoms with E-state index in [1.165, 1.54) is 6.42 Å². The molecule has 4 nitrogen and oxygen atoms in total. The highest BCUT2D eigenvalue weighted by Gasteiger charge is 2.00. The highest BCUT2D eigenvalue weighted by molar-refractivity contribution is 8.76. The Morgan fingerprint density at radius 1 is 1.14 bits per heavy atom. The fraction of sp³-hybridized carbons (Fsp3) is 0.533. The van der Waals surface area contributed by atoms with E-state index < -0.39 is 0 Å². The molecule has 0 aliphatic carbocycles. The van der Waals surface area contributed by atoms with Gasteiger partial charge < -0.3 is 16.4 Å². The lowest BCUT2D eigenvalue weighted by atomic mass is 10.3. The molecule has 1 aromatic carbocycles. The van der Waals surface area contributed by atoms with Gasteiger partial charge in [-0.1, -0.05) is 28.5 Å². The Bertz CT molecular complexity index is 398. The highest BCUT2D eigenvalue weighted by Crippen LogP contribution is 2.22. The number of nitrogen functional groups attached to an aromatic ring is 1. The van der Waals surface area contributed by atoms with Crippen LogP contribution in [0.1, 0.15) is 26.2 Å². The number of carbonyl (C=O) groups excluding carboxylic acids is 1. The van der Waals surface area contributed by atoms with Crippen molar-refractivity contribution in [1.29, 1.82) is 0 Å². The summed E-state index contributed by atoms with van der Waals surface area (Å²) in [5.41, 5.74) is 7.45. The van der Waals surface area contributed by atoms with Crippen molar-refractivity contribution in [3.8, 4) is 0 Å². The molecule has 1 amide bonds. The molecule has 0 heterocycles. The molecule has 0 spiro atoms. The van der Waals surface area contributed by atoms with Crippen LogP contribution in [0.3, 0.4) is 0 Å². The van der Waals surface area contributed by atoms with Crippen molar-refractivity contribution in [1.82, 2.24) is 5.32 Å². The summed E-state index contributed by atoms with van der Waals surface area (Å²) in [5.74, 6) is 2.19. The molecule has 0 atom stereocenters. The van der Waals surface area contributed by atoms with Gasteiger partial charge in [0.25, 0.3) is 0 Å². The van der Waals surface area contributed by atoms with Gasteiger partial charge >= 0.3 is 0 Å². The summed E-state index contributed by atoms with van der Waals surface area (Å²) >= 11 is 0. The van der Waals surface area contributed by atoms with Crippen LogP contribution in [0.15, 0.2) is 24.3 Å². The van der Waals surface area contributed by atoms with Crippen molar-refractivity contribution in [2.45, 2.75) is 26.2 Å². The van der Waals surface area contributed by atoms with Crippen LogP contribution >= 0.6 is 21.6 Å². The second-order valence-electron chi connectivity index (χ2n) is 4.65. The number of hydrogen-bond acceptors (Lipinski definition) is 5. The number of rotatable bonds is 11. The van der Waals surface area contributed by atoms with E-state index in [2.05, 4.69) is 17.6 Å². The average Bonchev–Trinajstić information content (AvgIpc) is 2.48. The molecule has 0 bridgehead atoms. The fourth-order valence-corrected chi connectivity index (χ4v) is 3.70. The van der Waals surface area contributed by atoms with Gasteiger partial charge in [0.1, 0.15) is 0 Å². The minimum absolute atomic E-state index is 0.145. The second kappa shape index (κ2) is 11.6. The van der Waals surface area contributed by atoms with Crippen LogP contribution in [0, 0.1) is 0 Å². The third-order valence-electron chi connectivity index (χ3n) is 2.70. The van der Waals surface area contributed by atoms with Crippen LogP contribution in [0.4, 0.5) is 11.4 Å². The van der Waals surface area contributed by atoms with Crippen molar-refractivity contribution in [2.75, 3.05) is 35.6 Å². The van der Waals surface area contributed by atoms with E-state index in [4.69, 9.17) is 5.73 Å². The molecule has 0 fully saturated rings. The molecule has 0 aliphatic rings. The molecule has 0 saturated carbocycles. The Balaban J connectivity index is 1.96. The zero-order chi connectivity index (χ0) is 15.3. The quantitative estimate of drug-likeness (QED) is 0.330. The van der Waals surface area contributed by atoms with Crippen LogP contribution in [0.25, 0.3) is 0 Å². The Kier molecular flexibility index (Phi) is 9.99. The Morgan fingerprint density at radius 3 is 2.57 bits per heavy atom. The molecule has 0 aliphatic heterocycles. The molecule has 4 N–H and O–H groups in total. The summed E-state index contributed by atoms with van der Waals surface area (Å²) in [4.78, 5) is 11.6. The van der Waals surface area contributed by atoms with Crippen molar-refractivity contribution in [2.24, 2.45) is 0 Å². The van der Waals surface area contributed by atoms with Crippen LogP contribution in [0.2, 0.25) is 0 Å². The summed E-state index contributed by atoms with van der Waals surface area (Å²) in [6.07, 6.45) is 2.70. The van der Waals surface area contributed by atoms with Crippen molar-refractivity contribution in [3.05, 3.63) is 24.3 Å². The topological polar surface area (TPSA) is 67.2 Å². The van der Waals surface area contributed by atoms with E-state index >= 15 is 0 Å². The van der Waals surface area contributed by atoms with E-state index in [-0.39, 0.29) is 5.91 Å². The molecule has 1 rings (SSSR count). The molecule has 0 aromatic heterocycles. The maximum atomic E-state index is 11.6. The van der Waals surface area contributed by atoms with Gasteiger partial charge in [0.2, 0.25) is 5.91 Å². The van der Waals surface area contributed by atoms with Crippen LogP contribution in [0.5, 0.6) is 0 Å². The first-order valence-electron chi connectivity index (χ1n) is 7.33. The molecule has 0 saturated heterocycles. The highest BCUT2D eigenvalue weighted by atomic mass is 33.1. The van der Waals surface area contributed by atoms with E-state index in [9.17, 15) is 4.79 Å². The number of benzene rings is 1. The Labute approximate surface area is 135 Å². The van der Waals surface area contributed by atoms with E-state index in [0.717, 1.165) is 35.8 Å². The Hall–Kier alpha value is -1.01. The number of hydrogen-bond donors (Lipinski definition) is 3. The van der Waals surface area contributed by atoms with Crippen molar-refractivity contribution >= 4 is 38.9 Å². The van der Waals surface area contributed by atoms with Gasteiger partial charge in [0, 0.05) is 42.4 Å². The summed E-state index contributed by atoms with van der Waals surface area (Å²) in [5, 5.41) is 6.25. The van der Waals surface area contributed by atoms with Crippen LogP contribution < -0.4 is 16.4 Å². The standard InChI is InChI=1S/C15H25N3OS2/c1-2-11-20-21-12-8-15(19)18-10-3-9-17-14-6-4-13(16)5-7-14/h4-7,17H,2-3,8-12,16H2,1H3,(H,18,19). The zero-order valence-corrected chi connectivity index (χ0v) is 14.2. The third kappa shape index (κ3) is 9.52. The van der Waals surface area contributed by atoms with E-state index in [1.54, 1.807) is 10.8 Å².